The molecule has 2 aliphatic rings. The number of amides is 1. The minimum atomic E-state index is -3.68. The van der Waals surface area contributed by atoms with Gasteiger partial charge in [-0.15, -0.1) is 4.40 Å². The number of hydrogen-bond donors (Lipinski definition) is 1. The van der Waals surface area contributed by atoms with Crippen molar-refractivity contribution >= 4 is 27.6 Å². The summed E-state index contributed by atoms with van der Waals surface area (Å²) in [5.41, 5.74) is 1.70. The van der Waals surface area contributed by atoms with Gasteiger partial charge in [0.25, 0.3) is 10.0 Å². The number of likely N-dealkylation sites (tertiary alicyclic amines) is 1. The highest BCUT2D eigenvalue weighted by Gasteiger charge is 2.35. The lowest BCUT2D eigenvalue weighted by atomic mass is 9.96. The number of carbonyl (C=O) groups is 1. The number of hydrogen-bond acceptors (Lipinski definition) is 5. The van der Waals surface area contributed by atoms with E-state index in [-0.39, 0.29) is 16.7 Å². The lowest BCUT2D eigenvalue weighted by Gasteiger charge is -2.33. The van der Waals surface area contributed by atoms with E-state index in [4.69, 9.17) is 0 Å². The molecule has 2 aliphatic heterocycles. The van der Waals surface area contributed by atoms with Crippen LogP contribution in [0.15, 0.2) is 76.2 Å². The molecule has 2 aromatic carbocycles. The number of benzene rings is 2. The van der Waals surface area contributed by atoms with Crippen molar-refractivity contribution in [3.8, 4) is 0 Å². The van der Waals surface area contributed by atoms with E-state index in [2.05, 4.69) is 14.8 Å². The number of nitrogens with one attached hydrogen (secondary N) is 1. The summed E-state index contributed by atoms with van der Waals surface area (Å²) in [7, 11) is -3.68. The lowest BCUT2D eigenvalue weighted by Crippen LogP contribution is -2.43. The molecule has 1 saturated heterocycles. The number of nitrogens with zero attached hydrogens (tertiary/aromatic N) is 4. The first kappa shape index (κ1) is 20.4. The summed E-state index contributed by atoms with van der Waals surface area (Å²) in [4.78, 5) is 15.2. The molecule has 1 aromatic heterocycles. The van der Waals surface area contributed by atoms with Gasteiger partial charge in [0.2, 0.25) is 5.91 Å². The predicted molar refractivity (Wildman–Crippen MR) is 121 cm³/mol. The molecule has 1 N–H and O–H groups in total. The van der Waals surface area contributed by atoms with Gasteiger partial charge in [-0.3, -0.25) is 4.79 Å². The number of fused-ring (bicyclic) bond motifs is 1. The highest BCUT2D eigenvalue weighted by molar-refractivity contribution is 7.90. The van der Waals surface area contributed by atoms with Gasteiger partial charge in [0.05, 0.1) is 18.7 Å². The number of amidine groups is 1. The molecule has 1 amide bonds. The van der Waals surface area contributed by atoms with Crippen molar-refractivity contribution < 1.29 is 13.2 Å². The Morgan fingerprint density at radius 3 is 2.69 bits per heavy atom. The number of aromatic nitrogens is 2. The van der Waals surface area contributed by atoms with Crippen LogP contribution in [0.4, 0.5) is 5.82 Å². The SMILES string of the molecule is O=C(Nc1ccnn1Cc1ccccc1)[C@@H]1CCCN(C2=NS(=O)(=O)c3ccccc32)C1. The topological polar surface area (TPSA) is 96.7 Å². The van der Waals surface area contributed by atoms with Crippen LogP contribution < -0.4 is 5.32 Å². The van der Waals surface area contributed by atoms with Gasteiger partial charge in [-0.25, -0.2) is 4.68 Å². The maximum Gasteiger partial charge on any atom is 0.285 e. The molecule has 5 rings (SSSR count). The number of piperidine rings is 1. The van der Waals surface area contributed by atoms with Crippen molar-refractivity contribution in [2.45, 2.75) is 24.3 Å². The van der Waals surface area contributed by atoms with Crippen LogP contribution in [0.5, 0.6) is 0 Å². The van der Waals surface area contributed by atoms with Crippen LogP contribution in [0.25, 0.3) is 0 Å². The Labute approximate surface area is 186 Å². The molecule has 0 radical (unpaired) electrons. The molecule has 164 valence electrons. The van der Waals surface area contributed by atoms with Crippen molar-refractivity contribution in [2.75, 3.05) is 18.4 Å². The summed E-state index contributed by atoms with van der Waals surface area (Å²) in [6, 6.07) is 18.6. The first-order valence-corrected chi connectivity index (χ1v) is 12.0. The summed E-state index contributed by atoms with van der Waals surface area (Å²) < 4.78 is 30.6. The molecule has 0 bridgehead atoms. The van der Waals surface area contributed by atoms with E-state index in [1.807, 2.05) is 35.2 Å². The largest absolute Gasteiger partial charge is 0.355 e. The zero-order valence-corrected chi connectivity index (χ0v) is 18.2. The maximum absolute atomic E-state index is 13.1. The maximum atomic E-state index is 13.1. The predicted octanol–water partition coefficient (Wildman–Crippen LogP) is 2.73. The van der Waals surface area contributed by atoms with Crippen LogP contribution in [0, 0.1) is 5.92 Å². The second kappa shape index (κ2) is 8.23. The highest BCUT2D eigenvalue weighted by Crippen LogP contribution is 2.30. The molecule has 3 aromatic rings. The third-order valence-corrected chi connectivity index (χ3v) is 7.17. The lowest BCUT2D eigenvalue weighted by molar-refractivity contribution is -0.121. The summed E-state index contributed by atoms with van der Waals surface area (Å²) in [5.74, 6) is 0.704. The van der Waals surface area contributed by atoms with Gasteiger partial charge in [-0.1, -0.05) is 42.5 Å². The Balaban J connectivity index is 1.30. The first-order chi connectivity index (χ1) is 15.5. The van der Waals surface area contributed by atoms with Crippen molar-refractivity contribution in [1.29, 1.82) is 0 Å². The molecular weight excluding hydrogens is 426 g/mol. The molecular formula is C23H23N5O3S. The van der Waals surface area contributed by atoms with Crippen molar-refractivity contribution in [1.82, 2.24) is 14.7 Å². The van der Waals surface area contributed by atoms with E-state index in [0.29, 0.717) is 36.9 Å². The monoisotopic (exact) mass is 449 g/mol. The molecule has 3 heterocycles. The van der Waals surface area contributed by atoms with Crippen LogP contribution in [0.1, 0.15) is 24.0 Å². The van der Waals surface area contributed by atoms with Crippen LogP contribution in [-0.2, 0) is 21.4 Å². The van der Waals surface area contributed by atoms with Gasteiger partial charge in [-0.05, 0) is 30.5 Å². The van der Waals surface area contributed by atoms with Crippen LogP contribution in [0.2, 0.25) is 0 Å². The molecule has 0 spiro atoms. The summed E-state index contributed by atoms with van der Waals surface area (Å²) in [6.07, 6.45) is 3.18. The van der Waals surface area contributed by atoms with E-state index in [1.54, 1.807) is 41.2 Å². The average molecular weight is 450 g/mol. The van der Waals surface area contributed by atoms with Crippen molar-refractivity contribution in [2.24, 2.45) is 10.3 Å². The molecule has 1 fully saturated rings. The van der Waals surface area contributed by atoms with Gasteiger partial charge in [0.15, 0.2) is 5.84 Å². The number of rotatable bonds is 4. The Kier molecular flexibility index (Phi) is 5.26. The standard InChI is InChI=1S/C23H23N5O3S/c29-23(25-21-12-13-24-28(21)15-17-7-2-1-3-8-17)18-9-6-14-27(16-18)22-19-10-4-5-11-20(19)32(30,31)26-22/h1-5,7-8,10-13,18H,6,9,14-16H2,(H,25,29)/t18-/m1/s1. The van der Waals surface area contributed by atoms with E-state index in [0.717, 1.165) is 18.4 Å². The molecule has 9 heteroatoms. The number of carbonyl (C=O) groups excluding carboxylic acids is 1. The normalized spacial score (nSPS) is 19.3. The second-order valence-electron chi connectivity index (χ2n) is 8.02. The number of anilines is 1. The fraction of sp³-hybridized carbons (Fsp3) is 0.261. The van der Waals surface area contributed by atoms with Gasteiger partial charge in [-0.2, -0.15) is 13.5 Å². The summed E-state index contributed by atoms with van der Waals surface area (Å²) in [5, 5.41) is 7.34. The van der Waals surface area contributed by atoms with Crippen LogP contribution in [0.3, 0.4) is 0 Å². The van der Waals surface area contributed by atoms with Crippen molar-refractivity contribution in [3.05, 3.63) is 78.0 Å². The average Bonchev–Trinajstić information content (AvgIpc) is 3.36. The van der Waals surface area contributed by atoms with E-state index in [1.165, 1.54) is 0 Å². The zero-order valence-electron chi connectivity index (χ0n) is 17.4. The smallest absolute Gasteiger partial charge is 0.285 e. The van der Waals surface area contributed by atoms with E-state index < -0.39 is 10.0 Å². The second-order valence-corrected chi connectivity index (χ2v) is 9.59. The Morgan fingerprint density at radius 2 is 1.84 bits per heavy atom. The molecule has 0 aliphatic carbocycles. The van der Waals surface area contributed by atoms with E-state index >= 15 is 0 Å². The van der Waals surface area contributed by atoms with E-state index in [9.17, 15) is 13.2 Å². The van der Waals surface area contributed by atoms with Gasteiger partial charge < -0.3 is 10.2 Å². The molecule has 0 unspecified atom stereocenters. The molecule has 0 saturated carbocycles. The third kappa shape index (κ3) is 3.91. The van der Waals surface area contributed by atoms with Gasteiger partial charge in [0, 0.05) is 24.7 Å². The molecule has 8 nitrogen and oxygen atoms in total. The Bertz CT molecular complexity index is 1280. The summed E-state index contributed by atoms with van der Waals surface area (Å²) >= 11 is 0. The van der Waals surface area contributed by atoms with Crippen molar-refractivity contribution in [3.63, 3.8) is 0 Å². The fourth-order valence-corrected chi connectivity index (χ4v) is 5.48. The number of sulfonamides is 1. The molecule has 32 heavy (non-hydrogen) atoms. The Morgan fingerprint density at radius 1 is 1.06 bits per heavy atom. The van der Waals surface area contributed by atoms with Crippen LogP contribution >= 0.6 is 0 Å². The molecule has 1 atom stereocenters. The fourth-order valence-electron chi connectivity index (χ4n) is 4.25. The third-order valence-electron chi connectivity index (χ3n) is 5.85. The highest BCUT2D eigenvalue weighted by atomic mass is 32.2. The quantitative estimate of drug-likeness (QED) is 0.661. The van der Waals surface area contributed by atoms with Gasteiger partial charge in [0.1, 0.15) is 10.7 Å². The summed E-state index contributed by atoms with van der Waals surface area (Å²) in [6.45, 7) is 1.64. The first-order valence-electron chi connectivity index (χ1n) is 10.6. The van der Waals surface area contributed by atoms with Crippen LogP contribution in [-0.4, -0.2) is 47.9 Å². The minimum absolute atomic E-state index is 0.0979. The van der Waals surface area contributed by atoms with Gasteiger partial charge >= 0.3 is 0 Å². The minimum Gasteiger partial charge on any atom is -0.355 e. The zero-order chi connectivity index (χ0) is 22.1. The Hall–Kier alpha value is -3.46.